The van der Waals surface area contributed by atoms with E-state index in [0.29, 0.717) is 5.92 Å². The largest absolute Gasteiger partial charge is 0.316 e. The van der Waals surface area contributed by atoms with Crippen LogP contribution in [0.5, 0.6) is 0 Å². The molecule has 17 heavy (non-hydrogen) atoms. The lowest BCUT2D eigenvalue weighted by atomic mass is 9.92. The number of nitrogens with one attached hydrogen (secondary N) is 1. The van der Waals surface area contributed by atoms with E-state index >= 15 is 0 Å². The maximum atomic E-state index is 4.64. The van der Waals surface area contributed by atoms with E-state index in [1.54, 1.807) is 0 Å². The molecule has 1 aromatic carbocycles. The summed E-state index contributed by atoms with van der Waals surface area (Å²) in [6.45, 7) is 2.22. The summed E-state index contributed by atoms with van der Waals surface area (Å²) in [6.07, 6.45) is 2.51. The van der Waals surface area contributed by atoms with Gasteiger partial charge in [-0.1, -0.05) is 18.2 Å². The minimum Gasteiger partial charge on any atom is -0.316 e. The van der Waals surface area contributed by atoms with E-state index in [-0.39, 0.29) is 0 Å². The van der Waals surface area contributed by atoms with E-state index in [1.807, 2.05) is 6.07 Å². The first-order valence-corrected chi connectivity index (χ1v) is 6.90. The van der Waals surface area contributed by atoms with Crippen LogP contribution in [-0.2, 0) is 0 Å². The summed E-state index contributed by atoms with van der Waals surface area (Å²) in [5.41, 5.74) is 2.41. The highest BCUT2D eigenvalue weighted by Gasteiger charge is 2.18. The molecule has 0 saturated carbocycles. The molecule has 1 saturated heterocycles. The van der Waals surface area contributed by atoms with Gasteiger partial charge in [-0.05, 0) is 58.9 Å². The standard InChI is InChI=1S/C14H15BrN2/c15-14-12(11-5-3-7-16-9-11)8-10-4-1-2-6-13(10)17-14/h1-2,4,6,8,11,16H,3,5,7,9H2. The maximum Gasteiger partial charge on any atom is 0.110 e. The minimum absolute atomic E-state index is 0.593. The Morgan fingerprint density at radius 1 is 1.29 bits per heavy atom. The van der Waals surface area contributed by atoms with Crippen LogP contribution in [0.25, 0.3) is 10.9 Å². The van der Waals surface area contributed by atoms with Crippen LogP contribution >= 0.6 is 15.9 Å². The summed E-state index contributed by atoms with van der Waals surface area (Å²) in [4.78, 5) is 4.64. The van der Waals surface area contributed by atoms with Gasteiger partial charge in [0.2, 0.25) is 0 Å². The molecule has 1 aromatic heterocycles. The number of rotatable bonds is 1. The Hall–Kier alpha value is -0.930. The van der Waals surface area contributed by atoms with E-state index in [4.69, 9.17) is 0 Å². The van der Waals surface area contributed by atoms with Crippen molar-refractivity contribution >= 4 is 26.8 Å². The van der Waals surface area contributed by atoms with Gasteiger partial charge in [0.1, 0.15) is 4.60 Å². The van der Waals surface area contributed by atoms with Gasteiger partial charge in [-0.25, -0.2) is 4.98 Å². The van der Waals surface area contributed by atoms with Crippen molar-refractivity contribution in [2.45, 2.75) is 18.8 Å². The summed E-state index contributed by atoms with van der Waals surface area (Å²) in [5.74, 6) is 0.593. The average molecular weight is 291 g/mol. The molecule has 3 heteroatoms. The van der Waals surface area contributed by atoms with Crippen LogP contribution in [0, 0.1) is 0 Å². The second kappa shape index (κ2) is 4.75. The van der Waals surface area contributed by atoms with Gasteiger partial charge >= 0.3 is 0 Å². The number of pyridine rings is 1. The fourth-order valence-corrected chi connectivity index (χ4v) is 3.14. The highest BCUT2D eigenvalue weighted by molar-refractivity contribution is 9.10. The Kier molecular flexibility index (Phi) is 3.12. The molecule has 1 aliphatic rings. The van der Waals surface area contributed by atoms with Crippen molar-refractivity contribution in [3.8, 4) is 0 Å². The summed E-state index contributed by atoms with van der Waals surface area (Å²) < 4.78 is 1.00. The van der Waals surface area contributed by atoms with Gasteiger partial charge in [0.15, 0.2) is 0 Å². The van der Waals surface area contributed by atoms with Gasteiger partial charge in [0, 0.05) is 11.9 Å². The maximum absolute atomic E-state index is 4.64. The average Bonchev–Trinajstić information content (AvgIpc) is 2.39. The molecule has 1 N–H and O–H groups in total. The Labute approximate surface area is 110 Å². The molecule has 0 radical (unpaired) electrons. The van der Waals surface area contributed by atoms with Crippen LogP contribution in [0.1, 0.15) is 24.3 Å². The van der Waals surface area contributed by atoms with E-state index in [1.165, 1.54) is 23.8 Å². The van der Waals surface area contributed by atoms with Gasteiger partial charge in [-0.15, -0.1) is 0 Å². The number of aromatic nitrogens is 1. The monoisotopic (exact) mass is 290 g/mol. The number of hydrogen-bond acceptors (Lipinski definition) is 2. The number of benzene rings is 1. The van der Waals surface area contributed by atoms with E-state index in [0.717, 1.165) is 23.2 Å². The Morgan fingerprint density at radius 3 is 3.00 bits per heavy atom. The Balaban J connectivity index is 2.06. The highest BCUT2D eigenvalue weighted by atomic mass is 79.9. The minimum atomic E-state index is 0.593. The zero-order valence-electron chi connectivity index (χ0n) is 9.62. The second-order valence-electron chi connectivity index (χ2n) is 4.60. The number of hydrogen-bond donors (Lipinski definition) is 1. The van der Waals surface area contributed by atoms with E-state index in [9.17, 15) is 0 Å². The fraction of sp³-hybridized carbons (Fsp3) is 0.357. The van der Waals surface area contributed by atoms with E-state index in [2.05, 4.69) is 50.5 Å². The molecular formula is C14H15BrN2. The number of piperidine rings is 1. The van der Waals surface area contributed by atoms with Gasteiger partial charge in [-0.3, -0.25) is 0 Å². The van der Waals surface area contributed by atoms with Crippen LogP contribution in [0.4, 0.5) is 0 Å². The quantitative estimate of drug-likeness (QED) is 0.814. The lowest BCUT2D eigenvalue weighted by Gasteiger charge is -2.24. The predicted molar refractivity (Wildman–Crippen MR) is 74.3 cm³/mol. The Bertz CT molecular complexity index is 533. The third kappa shape index (κ3) is 2.22. The lowest BCUT2D eigenvalue weighted by Crippen LogP contribution is -2.28. The second-order valence-corrected chi connectivity index (χ2v) is 5.36. The summed E-state index contributed by atoms with van der Waals surface area (Å²) in [5, 5.41) is 4.69. The summed E-state index contributed by atoms with van der Waals surface area (Å²) in [6, 6.07) is 10.6. The van der Waals surface area contributed by atoms with E-state index < -0.39 is 0 Å². The predicted octanol–water partition coefficient (Wildman–Crippen LogP) is 3.46. The molecule has 0 spiro atoms. The molecule has 0 amide bonds. The Morgan fingerprint density at radius 2 is 2.18 bits per heavy atom. The third-order valence-corrected chi connectivity index (χ3v) is 4.08. The highest BCUT2D eigenvalue weighted by Crippen LogP contribution is 2.30. The fourth-order valence-electron chi connectivity index (χ4n) is 2.51. The van der Waals surface area contributed by atoms with Crippen molar-refractivity contribution in [3.63, 3.8) is 0 Å². The van der Waals surface area contributed by atoms with Gasteiger partial charge in [0.25, 0.3) is 0 Å². The zero-order chi connectivity index (χ0) is 11.7. The molecule has 2 heterocycles. The van der Waals surface area contributed by atoms with Gasteiger partial charge in [-0.2, -0.15) is 0 Å². The van der Waals surface area contributed by atoms with Crippen molar-refractivity contribution in [2.24, 2.45) is 0 Å². The first-order chi connectivity index (χ1) is 8.34. The number of nitrogens with zero attached hydrogens (tertiary/aromatic N) is 1. The molecule has 1 aliphatic heterocycles. The summed E-state index contributed by atoms with van der Waals surface area (Å²) >= 11 is 3.61. The van der Waals surface area contributed by atoms with Crippen LogP contribution in [0.15, 0.2) is 34.9 Å². The molecule has 3 rings (SSSR count). The van der Waals surface area contributed by atoms with Crippen LogP contribution in [-0.4, -0.2) is 18.1 Å². The van der Waals surface area contributed by atoms with Crippen molar-refractivity contribution in [1.82, 2.24) is 10.3 Å². The van der Waals surface area contributed by atoms with Crippen molar-refractivity contribution in [3.05, 3.63) is 40.5 Å². The van der Waals surface area contributed by atoms with Crippen molar-refractivity contribution < 1.29 is 0 Å². The zero-order valence-corrected chi connectivity index (χ0v) is 11.2. The first kappa shape index (κ1) is 11.2. The van der Waals surface area contributed by atoms with Gasteiger partial charge < -0.3 is 5.32 Å². The molecule has 88 valence electrons. The molecule has 1 unspecified atom stereocenters. The first-order valence-electron chi connectivity index (χ1n) is 6.10. The number of para-hydroxylation sites is 1. The van der Waals surface area contributed by atoms with Crippen LogP contribution in [0.3, 0.4) is 0 Å². The topological polar surface area (TPSA) is 24.9 Å². The molecule has 0 bridgehead atoms. The molecule has 2 nitrogen and oxygen atoms in total. The van der Waals surface area contributed by atoms with Gasteiger partial charge in [0.05, 0.1) is 5.52 Å². The third-order valence-electron chi connectivity index (χ3n) is 3.44. The lowest BCUT2D eigenvalue weighted by molar-refractivity contribution is 0.460. The van der Waals surface area contributed by atoms with Crippen molar-refractivity contribution in [2.75, 3.05) is 13.1 Å². The normalized spacial score (nSPS) is 20.6. The van der Waals surface area contributed by atoms with Crippen LogP contribution in [0.2, 0.25) is 0 Å². The molecule has 1 fully saturated rings. The molecular weight excluding hydrogens is 276 g/mol. The number of halogens is 1. The molecule has 0 aliphatic carbocycles. The molecule has 1 atom stereocenters. The van der Waals surface area contributed by atoms with Crippen LogP contribution < -0.4 is 5.32 Å². The molecule has 2 aromatic rings. The summed E-state index contributed by atoms with van der Waals surface area (Å²) in [7, 11) is 0. The number of fused-ring (bicyclic) bond motifs is 1. The smallest absolute Gasteiger partial charge is 0.110 e. The SMILES string of the molecule is Brc1nc2ccccc2cc1C1CCCNC1. The van der Waals surface area contributed by atoms with Crippen molar-refractivity contribution in [1.29, 1.82) is 0 Å².